The van der Waals surface area contributed by atoms with Gasteiger partial charge in [0.15, 0.2) is 11.5 Å². The van der Waals surface area contributed by atoms with Crippen LogP contribution in [0.4, 0.5) is 8.78 Å². The van der Waals surface area contributed by atoms with E-state index in [0.29, 0.717) is 41.9 Å². The zero-order valence-corrected chi connectivity index (χ0v) is 23.3. The summed E-state index contributed by atoms with van der Waals surface area (Å²) >= 11 is 0. The van der Waals surface area contributed by atoms with Crippen molar-refractivity contribution < 1.29 is 27.8 Å². The fraction of sp³-hybridized carbons (Fsp3) is 0.500. The average molecular weight is 544 g/mol. The van der Waals surface area contributed by atoms with Crippen LogP contribution >= 0.6 is 0 Å². The molecule has 0 spiro atoms. The third-order valence-corrected chi connectivity index (χ3v) is 7.64. The fourth-order valence-electron chi connectivity index (χ4n) is 5.76. The van der Waals surface area contributed by atoms with E-state index < -0.39 is 11.6 Å². The van der Waals surface area contributed by atoms with Crippen molar-refractivity contribution in [2.45, 2.75) is 44.7 Å². The number of hydrogen-bond acceptors (Lipinski definition) is 6. The second-order valence-electron chi connectivity index (χ2n) is 10.3. The Labute approximate surface area is 229 Å². The molecule has 2 aliphatic rings. The van der Waals surface area contributed by atoms with Crippen LogP contribution in [0.15, 0.2) is 35.9 Å². The maximum atomic E-state index is 14.4. The summed E-state index contributed by atoms with van der Waals surface area (Å²) in [6.07, 6.45) is 5.97. The number of nitrogens with one attached hydrogen (secondary N) is 1. The largest absolute Gasteiger partial charge is 0.493 e. The molecular formula is C30H39F2N3O4. The van der Waals surface area contributed by atoms with E-state index in [-0.39, 0.29) is 17.5 Å². The number of nitrogens with zero attached hydrogens (tertiary/aromatic N) is 2. The molecule has 1 unspecified atom stereocenters. The molecule has 9 heteroatoms. The van der Waals surface area contributed by atoms with Crippen molar-refractivity contribution in [3.8, 4) is 17.2 Å². The van der Waals surface area contributed by atoms with Crippen LogP contribution < -0.4 is 19.5 Å². The molecule has 2 aliphatic heterocycles. The first-order valence-electron chi connectivity index (χ1n) is 13.5. The number of carbonyl (C=O) groups excluding carboxylic acids is 1. The molecule has 4 rings (SSSR count). The molecule has 1 N–H and O–H groups in total. The number of methoxy groups -OCH3 is 3. The van der Waals surface area contributed by atoms with Gasteiger partial charge in [0.2, 0.25) is 5.75 Å². The van der Waals surface area contributed by atoms with Crippen molar-refractivity contribution >= 4 is 12.0 Å². The summed E-state index contributed by atoms with van der Waals surface area (Å²) in [5.41, 5.74) is 1.48. The van der Waals surface area contributed by atoms with Crippen molar-refractivity contribution in [1.29, 1.82) is 0 Å². The van der Waals surface area contributed by atoms with Gasteiger partial charge in [0.05, 0.1) is 21.3 Å². The second kappa shape index (κ2) is 13.3. The molecule has 1 atom stereocenters. The number of carbonyl (C=O) groups is 1. The van der Waals surface area contributed by atoms with E-state index in [0.717, 1.165) is 57.0 Å². The van der Waals surface area contributed by atoms with Gasteiger partial charge in [0.1, 0.15) is 11.6 Å². The van der Waals surface area contributed by atoms with Crippen molar-refractivity contribution in [2.75, 3.05) is 54.1 Å². The molecular weight excluding hydrogens is 504 g/mol. The van der Waals surface area contributed by atoms with Crippen LogP contribution in [-0.4, -0.2) is 81.8 Å². The van der Waals surface area contributed by atoms with Gasteiger partial charge < -0.3 is 24.4 Å². The molecule has 0 saturated carbocycles. The van der Waals surface area contributed by atoms with E-state index in [1.807, 2.05) is 11.8 Å². The Bertz CT molecular complexity index is 1160. The number of halogens is 2. The first-order valence-corrected chi connectivity index (χ1v) is 13.5. The molecule has 212 valence electrons. The maximum absolute atomic E-state index is 14.4. The minimum absolute atomic E-state index is 0.182. The monoisotopic (exact) mass is 543 g/mol. The summed E-state index contributed by atoms with van der Waals surface area (Å²) in [5.74, 6) is -0.223. The van der Waals surface area contributed by atoms with Crippen molar-refractivity contribution in [1.82, 2.24) is 15.1 Å². The Kier molecular flexibility index (Phi) is 9.80. The zero-order chi connectivity index (χ0) is 27.9. The molecule has 0 bridgehead atoms. The number of benzene rings is 2. The Morgan fingerprint density at radius 1 is 1.05 bits per heavy atom. The van der Waals surface area contributed by atoms with Gasteiger partial charge >= 0.3 is 0 Å². The topological polar surface area (TPSA) is 63.3 Å². The van der Waals surface area contributed by atoms with Crippen LogP contribution in [0.2, 0.25) is 0 Å². The van der Waals surface area contributed by atoms with Crippen LogP contribution in [0.25, 0.3) is 6.08 Å². The minimum Gasteiger partial charge on any atom is -0.493 e. The van der Waals surface area contributed by atoms with E-state index >= 15 is 0 Å². The molecule has 0 aliphatic carbocycles. The van der Waals surface area contributed by atoms with Gasteiger partial charge in [-0.05, 0) is 76.5 Å². The Balaban J connectivity index is 1.64. The fourth-order valence-corrected chi connectivity index (χ4v) is 5.76. The summed E-state index contributed by atoms with van der Waals surface area (Å²) in [6.45, 7) is 5.73. The first-order chi connectivity index (χ1) is 18.8. The van der Waals surface area contributed by atoms with Crippen LogP contribution in [-0.2, 0) is 0 Å². The molecule has 2 saturated heterocycles. The third kappa shape index (κ3) is 6.89. The summed E-state index contributed by atoms with van der Waals surface area (Å²) in [4.78, 5) is 18.4. The van der Waals surface area contributed by atoms with Crippen molar-refractivity contribution in [3.63, 3.8) is 0 Å². The predicted molar refractivity (Wildman–Crippen MR) is 148 cm³/mol. The number of ether oxygens (including phenoxy) is 3. The third-order valence-electron chi connectivity index (χ3n) is 7.64. The van der Waals surface area contributed by atoms with E-state index in [9.17, 15) is 13.6 Å². The highest BCUT2D eigenvalue weighted by Crippen LogP contribution is 2.38. The summed E-state index contributed by atoms with van der Waals surface area (Å²) in [5, 5.41) is 3.44. The molecule has 0 radical (unpaired) electrons. The summed E-state index contributed by atoms with van der Waals surface area (Å²) < 4.78 is 44.2. The smallest absolute Gasteiger partial charge is 0.254 e. The van der Waals surface area contributed by atoms with Crippen LogP contribution in [0.5, 0.6) is 17.2 Å². The molecule has 2 aromatic carbocycles. The number of likely N-dealkylation sites (tertiary alicyclic amines) is 1. The highest BCUT2D eigenvalue weighted by molar-refractivity contribution is 5.96. The SMILES string of the molecule is COc1cc(C(=O)N(C/C(C)=C/c2ccc(F)cc2F)CC2CCCN2C2CCNCC2)cc(OC)c1OC. The summed E-state index contributed by atoms with van der Waals surface area (Å²) in [6, 6.07) is 7.57. The zero-order valence-electron chi connectivity index (χ0n) is 23.3. The van der Waals surface area contributed by atoms with Crippen molar-refractivity contribution in [2.24, 2.45) is 0 Å². The van der Waals surface area contributed by atoms with Gasteiger partial charge in [0.25, 0.3) is 5.91 Å². The van der Waals surface area contributed by atoms with Gasteiger partial charge in [-0.1, -0.05) is 11.6 Å². The maximum Gasteiger partial charge on any atom is 0.254 e. The highest BCUT2D eigenvalue weighted by atomic mass is 19.1. The number of amides is 1. The van der Waals surface area contributed by atoms with Gasteiger partial charge in [-0.25, -0.2) is 8.78 Å². The predicted octanol–water partition coefficient (Wildman–Crippen LogP) is 4.75. The summed E-state index contributed by atoms with van der Waals surface area (Å²) in [7, 11) is 4.55. The van der Waals surface area contributed by atoms with E-state index in [1.54, 1.807) is 18.2 Å². The highest BCUT2D eigenvalue weighted by Gasteiger charge is 2.34. The first kappa shape index (κ1) is 28.8. The lowest BCUT2D eigenvalue weighted by Gasteiger charge is -2.38. The molecule has 2 fully saturated rings. The molecule has 1 amide bonds. The van der Waals surface area contributed by atoms with Crippen LogP contribution in [0.1, 0.15) is 48.5 Å². The van der Waals surface area contributed by atoms with E-state index in [2.05, 4.69) is 10.2 Å². The van der Waals surface area contributed by atoms with E-state index in [4.69, 9.17) is 14.2 Å². The standard InChI is InChI=1S/C30H39F2N3O4/c1-20(14-21-7-8-23(31)17-26(21)32)18-34(19-25-6-5-13-35(25)24-9-11-33-12-10-24)30(36)22-15-27(37-2)29(39-4)28(16-22)38-3/h7-8,14-17,24-25,33H,5-6,9-13,18-19H2,1-4H3/b20-14+. The van der Waals surface area contributed by atoms with Crippen LogP contribution in [0.3, 0.4) is 0 Å². The number of piperidine rings is 1. The molecule has 2 heterocycles. The average Bonchev–Trinajstić information content (AvgIpc) is 3.41. The molecule has 2 aromatic rings. The number of rotatable bonds is 10. The molecule has 39 heavy (non-hydrogen) atoms. The normalized spacial score (nSPS) is 18.7. The van der Waals surface area contributed by atoms with Gasteiger partial charge in [-0.2, -0.15) is 0 Å². The quantitative estimate of drug-likeness (QED) is 0.467. The van der Waals surface area contributed by atoms with E-state index in [1.165, 1.54) is 33.5 Å². The Hall–Kier alpha value is -3.17. The molecule has 7 nitrogen and oxygen atoms in total. The van der Waals surface area contributed by atoms with Gasteiger partial charge in [-0.3, -0.25) is 9.69 Å². The minimum atomic E-state index is -0.635. The lowest BCUT2D eigenvalue weighted by atomic mass is 10.0. The lowest BCUT2D eigenvalue weighted by molar-refractivity contribution is 0.0676. The number of hydrogen-bond donors (Lipinski definition) is 1. The lowest BCUT2D eigenvalue weighted by Crippen LogP contribution is -2.50. The second-order valence-corrected chi connectivity index (χ2v) is 10.3. The Morgan fingerprint density at radius 3 is 2.36 bits per heavy atom. The van der Waals surface area contributed by atoms with Gasteiger partial charge in [0, 0.05) is 42.4 Å². The van der Waals surface area contributed by atoms with Gasteiger partial charge in [-0.15, -0.1) is 0 Å². The Morgan fingerprint density at radius 2 is 1.74 bits per heavy atom. The van der Waals surface area contributed by atoms with Crippen molar-refractivity contribution in [3.05, 3.63) is 58.7 Å². The molecule has 0 aromatic heterocycles. The van der Waals surface area contributed by atoms with Crippen LogP contribution in [0, 0.1) is 11.6 Å².